The Morgan fingerprint density at radius 3 is 2.23 bits per heavy atom. The molecular formula is C33H43N5O5. The van der Waals surface area contributed by atoms with Crippen molar-refractivity contribution in [2.24, 2.45) is 0 Å². The third kappa shape index (κ3) is 11.2. The zero-order valence-corrected chi connectivity index (χ0v) is 25.0. The first-order valence-corrected chi connectivity index (χ1v) is 14.4. The van der Waals surface area contributed by atoms with Crippen LogP contribution in [0, 0.1) is 0 Å². The van der Waals surface area contributed by atoms with E-state index in [0.29, 0.717) is 18.5 Å². The highest BCUT2D eigenvalue weighted by molar-refractivity contribution is 5.94. The van der Waals surface area contributed by atoms with Crippen LogP contribution in [0.15, 0.2) is 78.9 Å². The summed E-state index contributed by atoms with van der Waals surface area (Å²) in [7, 11) is 1.56. The van der Waals surface area contributed by atoms with Crippen molar-refractivity contribution in [3.8, 4) is 11.1 Å². The highest BCUT2D eigenvalue weighted by Crippen LogP contribution is 2.28. The van der Waals surface area contributed by atoms with Crippen molar-refractivity contribution < 1.29 is 24.6 Å². The summed E-state index contributed by atoms with van der Waals surface area (Å²) in [5, 5.41) is 33.0. The second-order valence-corrected chi connectivity index (χ2v) is 11.1. The van der Waals surface area contributed by atoms with Gasteiger partial charge in [0.1, 0.15) is 6.04 Å². The molecule has 0 aliphatic rings. The van der Waals surface area contributed by atoms with Crippen molar-refractivity contribution in [1.29, 1.82) is 0 Å². The smallest absolute Gasteiger partial charge is 0.318 e. The first-order chi connectivity index (χ1) is 20.6. The van der Waals surface area contributed by atoms with Gasteiger partial charge in [0, 0.05) is 37.7 Å². The van der Waals surface area contributed by atoms with Crippen LogP contribution in [0.1, 0.15) is 37.8 Å². The number of nitrogens with one attached hydrogen (secondary N) is 5. The molecule has 0 aliphatic heterocycles. The molecule has 4 amide bonds. The van der Waals surface area contributed by atoms with Crippen LogP contribution in [-0.4, -0.2) is 65.9 Å². The lowest BCUT2D eigenvalue weighted by molar-refractivity contribution is -0.129. The number of hydrogen-bond acceptors (Lipinski definition) is 6. The maximum atomic E-state index is 13.3. The first-order valence-electron chi connectivity index (χ1n) is 14.4. The number of amides is 4. The summed E-state index contributed by atoms with van der Waals surface area (Å²) in [4.78, 5) is 38.1. The third-order valence-electron chi connectivity index (χ3n) is 6.98. The number of carbonyl (C=O) groups excluding carboxylic acids is 3. The van der Waals surface area contributed by atoms with Crippen LogP contribution in [0.2, 0.25) is 0 Å². The van der Waals surface area contributed by atoms with Crippen molar-refractivity contribution in [1.82, 2.24) is 21.3 Å². The number of aliphatic hydroxyl groups is 2. The Morgan fingerprint density at radius 2 is 1.56 bits per heavy atom. The van der Waals surface area contributed by atoms with Crippen LogP contribution in [0.3, 0.4) is 0 Å². The molecule has 0 spiro atoms. The molecule has 230 valence electrons. The van der Waals surface area contributed by atoms with Gasteiger partial charge in [-0.15, -0.1) is 0 Å². The zero-order chi connectivity index (χ0) is 31.2. The lowest BCUT2D eigenvalue weighted by atomic mass is 9.98. The summed E-state index contributed by atoms with van der Waals surface area (Å²) in [6, 6.07) is 23.9. The Morgan fingerprint density at radius 1 is 0.884 bits per heavy atom. The molecule has 3 rings (SSSR count). The number of hydrogen-bond donors (Lipinski definition) is 7. The number of urea groups is 1. The Balaban J connectivity index is 1.64. The molecule has 10 nitrogen and oxygen atoms in total. The van der Waals surface area contributed by atoms with E-state index in [1.54, 1.807) is 7.05 Å². The van der Waals surface area contributed by atoms with Gasteiger partial charge in [0.25, 0.3) is 0 Å². The van der Waals surface area contributed by atoms with Gasteiger partial charge in [-0.1, -0.05) is 72.8 Å². The zero-order valence-electron chi connectivity index (χ0n) is 25.0. The van der Waals surface area contributed by atoms with Crippen LogP contribution in [-0.2, 0) is 22.6 Å². The van der Waals surface area contributed by atoms with Gasteiger partial charge in [0.05, 0.1) is 18.4 Å². The summed E-state index contributed by atoms with van der Waals surface area (Å²) >= 11 is 0. The molecule has 0 unspecified atom stereocenters. The van der Waals surface area contributed by atoms with Gasteiger partial charge in [-0.25, -0.2) is 4.79 Å². The van der Waals surface area contributed by atoms with E-state index in [9.17, 15) is 19.5 Å². The standard InChI is InChI=1S/C33H43N5O5/c1-33(2,36-21-26(40)22-39)19-30(41)37-29(18-15-23-9-5-4-6-10-23)31(42)35-20-24-13-16-25(17-14-24)27-11-7-8-12-28(27)38-32(43)34-3/h4-14,16-17,26,29,36,39-40H,15,18-22H2,1-3H3,(H,35,42)(H,37,41)(H2,34,38,43)/t26-,29+/m0/s1. The largest absolute Gasteiger partial charge is 0.394 e. The van der Waals surface area contributed by atoms with E-state index in [4.69, 9.17) is 5.11 Å². The minimum Gasteiger partial charge on any atom is -0.394 e. The van der Waals surface area contributed by atoms with Crippen LogP contribution >= 0.6 is 0 Å². The van der Waals surface area contributed by atoms with Crippen LogP contribution in [0.5, 0.6) is 0 Å². The highest BCUT2D eigenvalue weighted by atomic mass is 16.3. The number of aliphatic hydroxyl groups excluding tert-OH is 2. The van der Waals surface area contributed by atoms with E-state index in [1.807, 2.05) is 92.7 Å². The Hall–Kier alpha value is -4.25. The second kappa shape index (κ2) is 16.4. The van der Waals surface area contributed by atoms with E-state index in [1.165, 1.54) is 0 Å². The lowest BCUT2D eigenvalue weighted by Crippen LogP contribution is -2.51. The Kier molecular flexibility index (Phi) is 12.7. The van der Waals surface area contributed by atoms with E-state index in [0.717, 1.165) is 22.3 Å². The minimum atomic E-state index is -0.922. The van der Waals surface area contributed by atoms with Gasteiger partial charge in [-0.05, 0) is 49.4 Å². The average molecular weight is 590 g/mol. The van der Waals surface area contributed by atoms with Gasteiger partial charge in [-0.2, -0.15) is 0 Å². The molecule has 0 bridgehead atoms. The molecule has 3 aromatic rings. The summed E-state index contributed by atoms with van der Waals surface area (Å²) in [6.07, 6.45) is 0.196. The molecule has 0 radical (unpaired) electrons. The second-order valence-electron chi connectivity index (χ2n) is 11.1. The molecule has 0 aliphatic carbocycles. The number of aryl methyl sites for hydroxylation is 1. The molecule has 0 heterocycles. The third-order valence-corrected chi connectivity index (χ3v) is 6.98. The van der Waals surface area contributed by atoms with Gasteiger partial charge in [0.15, 0.2) is 0 Å². The Bertz CT molecular complexity index is 1330. The van der Waals surface area contributed by atoms with Gasteiger partial charge < -0.3 is 36.8 Å². The monoisotopic (exact) mass is 589 g/mol. The number of carbonyl (C=O) groups is 3. The lowest BCUT2D eigenvalue weighted by Gasteiger charge is -2.28. The summed E-state index contributed by atoms with van der Waals surface area (Å²) in [5.74, 6) is -0.576. The van der Waals surface area contributed by atoms with Crippen molar-refractivity contribution >= 4 is 23.5 Å². The molecule has 3 aromatic carbocycles. The average Bonchev–Trinajstić information content (AvgIpc) is 3.01. The predicted octanol–water partition coefficient (Wildman–Crippen LogP) is 2.95. The number of β-amino-alcohol motifs (C(OH)–C–C–N with tert-alkyl or cyclic N) is 1. The van der Waals surface area contributed by atoms with Crippen LogP contribution < -0.4 is 26.6 Å². The molecule has 0 saturated heterocycles. The molecule has 0 aromatic heterocycles. The summed E-state index contributed by atoms with van der Waals surface area (Å²) in [5.41, 5.74) is 3.76. The number of benzene rings is 3. The van der Waals surface area contributed by atoms with E-state index in [-0.39, 0.29) is 44.0 Å². The van der Waals surface area contributed by atoms with Crippen molar-refractivity contribution in [3.63, 3.8) is 0 Å². The quantitative estimate of drug-likeness (QED) is 0.145. The molecule has 2 atom stereocenters. The van der Waals surface area contributed by atoms with E-state index < -0.39 is 17.7 Å². The topological polar surface area (TPSA) is 152 Å². The van der Waals surface area contributed by atoms with Crippen LogP contribution in [0.4, 0.5) is 10.5 Å². The Labute approximate surface area is 253 Å². The van der Waals surface area contributed by atoms with Crippen molar-refractivity contribution in [2.75, 3.05) is 25.5 Å². The molecule has 10 heteroatoms. The first kappa shape index (κ1) is 33.3. The highest BCUT2D eigenvalue weighted by Gasteiger charge is 2.26. The maximum Gasteiger partial charge on any atom is 0.318 e. The van der Waals surface area contributed by atoms with E-state index in [2.05, 4.69) is 26.6 Å². The van der Waals surface area contributed by atoms with Gasteiger partial charge >= 0.3 is 6.03 Å². The normalized spacial score (nSPS) is 12.6. The number of rotatable bonds is 15. The molecule has 43 heavy (non-hydrogen) atoms. The summed E-state index contributed by atoms with van der Waals surface area (Å²) in [6.45, 7) is 3.70. The predicted molar refractivity (Wildman–Crippen MR) is 168 cm³/mol. The maximum absolute atomic E-state index is 13.3. The van der Waals surface area contributed by atoms with Crippen molar-refractivity contribution in [2.45, 2.75) is 57.3 Å². The number of para-hydroxylation sites is 1. The molecule has 0 fully saturated rings. The molecular weight excluding hydrogens is 546 g/mol. The van der Waals surface area contributed by atoms with Crippen LogP contribution in [0.25, 0.3) is 11.1 Å². The summed E-state index contributed by atoms with van der Waals surface area (Å²) < 4.78 is 0. The van der Waals surface area contributed by atoms with Gasteiger partial charge in [0.2, 0.25) is 11.8 Å². The van der Waals surface area contributed by atoms with Gasteiger partial charge in [-0.3, -0.25) is 9.59 Å². The van der Waals surface area contributed by atoms with E-state index >= 15 is 0 Å². The fraction of sp³-hybridized carbons (Fsp3) is 0.364. The number of anilines is 1. The fourth-order valence-electron chi connectivity index (χ4n) is 4.54. The molecule has 7 N–H and O–H groups in total. The SMILES string of the molecule is CNC(=O)Nc1ccccc1-c1ccc(CNC(=O)[C@@H](CCc2ccccc2)NC(=O)CC(C)(C)NC[C@H](O)CO)cc1. The minimum absolute atomic E-state index is 0.0813. The van der Waals surface area contributed by atoms with Crippen molar-refractivity contribution in [3.05, 3.63) is 90.0 Å². The molecule has 0 saturated carbocycles. The fourth-order valence-corrected chi connectivity index (χ4v) is 4.54.